The first-order valence-corrected chi connectivity index (χ1v) is 6.49. The second-order valence-electron chi connectivity index (χ2n) is 5.12. The maximum absolute atomic E-state index is 12.1. The lowest BCUT2D eigenvalue weighted by atomic mass is 9.87. The molecule has 1 aliphatic heterocycles. The number of esters is 2. The van der Waals surface area contributed by atoms with Crippen molar-refractivity contribution in [3.63, 3.8) is 0 Å². The number of hydrogen-bond acceptors (Lipinski definition) is 5. The first-order chi connectivity index (χ1) is 9.92. The summed E-state index contributed by atoms with van der Waals surface area (Å²) in [5.41, 5.74) is 0.948. The lowest BCUT2D eigenvalue weighted by Gasteiger charge is -2.20. The van der Waals surface area contributed by atoms with Crippen molar-refractivity contribution in [2.24, 2.45) is 4.99 Å². The van der Waals surface area contributed by atoms with Crippen molar-refractivity contribution >= 4 is 23.2 Å². The van der Waals surface area contributed by atoms with Gasteiger partial charge in [0.05, 0.1) is 25.3 Å². The highest BCUT2D eigenvalue weighted by atomic mass is 16.5. The monoisotopic (exact) mass is 287 g/mol. The molecule has 21 heavy (non-hydrogen) atoms. The zero-order chi connectivity index (χ0) is 15.6. The molecule has 0 aliphatic carbocycles. The zero-order valence-corrected chi connectivity index (χ0v) is 12.5. The van der Waals surface area contributed by atoms with Crippen LogP contribution < -0.4 is 0 Å². The third kappa shape index (κ3) is 2.59. The second-order valence-corrected chi connectivity index (χ2v) is 5.12. The Morgan fingerprint density at radius 3 is 2.10 bits per heavy atom. The molecule has 1 heterocycles. The van der Waals surface area contributed by atoms with Gasteiger partial charge in [-0.25, -0.2) is 9.59 Å². The maximum atomic E-state index is 12.1. The van der Waals surface area contributed by atoms with Gasteiger partial charge in [-0.15, -0.1) is 0 Å². The number of aliphatic imine (C=N–C) groups is 1. The average molecular weight is 287 g/mol. The van der Waals surface area contributed by atoms with Gasteiger partial charge in [0.2, 0.25) is 0 Å². The number of methoxy groups -OCH3 is 2. The van der Waals surface area contributed by atoms with Crippen LogP contribution in [0.3, 0.4) is 0 Å². The number of rotatable bonds is 3. The molecule has 1 aromatic carbocycles. The normalized spacial score (nSPS) is 16.5. The molecule has 1 aromatic rings. The molecule has 0 radical (unpaired) electrons. The van der Waals surface area contributed by atoms with E-state index in [1.54, 1.807) is 0 Å². The molecule has 0 aromatic heterocycles. The molecule has 0 amide bonds. The van der Waals surface area contributed by atoms with E-state index in [1.807, 2.05) is 44.2 Å². The molecule has 0 unspecified atom stereocenters. The molecule has 0 atom stereocenters. The quantitative estimate of drug-likeness (QED) is 0.798. The van der Waals surface area contributed by atoms with Crippen molar-refractivity contribution in [1.29, 1.82) is 0 Å². The summed E-state index contributed by atoms with van der Waals surface area (Å²) in [5, 5.41) is 0. The summed E-state index contributed by atoms with van der Waals surface area (Å²) in [7, 11) is 2.53. The van der Waals surface area contributed by atoms with E-state index in [0.717, 1.165) is 5.56 Å². The molecule has 5 heteroatoms. The standard InChI is InChI=1S/C16H17NO4/c1-16(2)12(10-8-6-5-7-9-10)11(14(18)20-3)13(17-16)15(19)21-4/h5-9H,1-4H3. The van der Waals surface area contributed by atoms with Gasteiger partial charge in [0.1, 0.15) is 0 Å². The Hall–Kier alpha value is -2.43. The minimum atomic E-state index is -0.714. The van der Waals surface area contributed by atoms with Gasteiger partial charge in [0.25, 0.3) is 0 Å². The van der Waals surface area contributed by atoms with Gasteiger partial charge < -0.3 is 9.47 Å². The Balaban J connectivity index is 2.70. The summed E-state index contributed by atoms with van der Waals surface area (Å²) >= 11 is 0. The average Bonchev–Trinajstić information content (AvgIpc) is 2.78. The van der Waals surface area contributed by atoms with E-state index >= 15 is 0 Å². The van der Waals surface area contributed by atoms with Crippen molar-refractivity contribution in [2.45, 2.75) is 19.4 Å². The minimum absolute atomic E-state index is 0.00760. The third-order valence-corrected chi connectivity index (χ3v) is 3.32. The largest absolute Gasteiger partial charge is 0.465 e. The van der Waals surface area contributed by atoms with E-state index in [-0.39, 0.29) is 11.3 Å². The van der Waals surface area contributed by atoms with Crippen LogP contribution in [0.2, 0.25) is 0 Å². The maximum Gasteiger partial charge on any atom is 0.357 e. The van der Waals surface area contributed by atoms with Crippen LogP contribution in [0.4, 0.5) is 0 Å². The van der Waals surface area contributed by atoms with Gasteiger partial charge in [0, 0.05) is 5.57 Å². The predicted octanol–water partition coefficient (Wildman–Crippen LogP) is 2.02. The topological polar surface area (TPSA) is 65.0 Å². The Kier molecular flexibility index (Phi) is 3.93. The van der Waals surface area contributed by atoms with E-state index in [1.165, 1.54) is 14.2 Å². The highest BCUT2D eigenvalue weighted by Crippen LogP contribution is 2.39. The SMILES string of the molecule is COC(=O)C1=NC(C)(C)C(c2ccccc2)=C1C(=O)OC. The van der Waals surface area contributed by atoms with Gasteiger partial charge in [0.15, 0.2) is 5.71 Å². The molecular formula is C16H17NO4. The molecule has 0 spiro atoms. The number of benzene rings is 1. The first-order valence-electron chi connectivity index (χ1n) is 6.49. The van der Waals surface area contributed by atoms with Crippen LogP contribution in [-0.2, 0) is 19.1 Å². The first kappa shape index (κ1) is 15.0. The molecule has 0 saturated heterocycles. The second kappa shape index (κ2) is 5.52. The van der Waals surface area contributed by atoms with Crippen LogP contribution in [0.5, 0.6) is 0 Å². The van der Waals surface area contributed by atoms with Gasteiger partial charge in [-0.3, -0.25) is 4.99 Å². The summed E-state index contributed by atoms with van der Waals surface area (Å²) in [6.45, 7) is 3.68. The van der Waals surface area contributed by atoms with Crippen LogP contribution >= 0.6 is 0 Å². The number of hydrogen-bond donors (Lipinski definition) is 0. The molecule has 0 saturated carbocycles. The van der Waals surface area contributed by atoms with Crippen molar-refractivity contribution < 1.29 is 19.1 Å². The highest BCUT2D eigenvalue weighted by molar-refractivity contribution is 6.52. The summed E-state index contributed by atoms with van der Waals surface area (Å²) in [4.78, 5) is 28.4. The van der Waals surface area contributed by atoms with Crippen LogP contribution in [0.15, 0.2) is 40.9 Å². The van der Waals surface area contributed by atoms with Crippen molar-refractivity contribution in [1.82, 2.24) is 0 Å². The van der Waals surface area contributed by atoms with E-state index in [9.17, 15) is 9.59 Å². The van der Waals surface area contributed by atoms with Gasteiger partial charge in [-0.1, -0.05) is 30.3 Å². The lowest BCUT2D eigenvalue weighted by Crippen LogP contribution is -2.22. The van der Waals surface area contributed by atoms with Crippen molar-refractivity contribution in [3.05, 3.63) is 41.5 Å². The smallest absolute Gasteiger partial charge is 0.357 e. The zero-order valence-electron chi connectivity index (χ0n) is 12.5. The molecule has 1 aliphatic rings. The van der Waals surface area contributed by atoms with E-state index < -0.39 is 17.5 Å². The van der Waals surface area contributed by atoms with Crippen LogP contribution in [0.1, 0.15) is 19.4 Å². The fourth-order valence-corrected chi connectivity index (χ4v) is 2.46. The third-order valence-electron chi connectivity index (χ3n) is 3.32. The summed E-state index contributed by atoms with van der Waals surface area (Å²) in [6.07, 6.45) is 0. The summed E-state index contributed by atoms with van der Waals surface area (Å²) < 4.78 is 9.54. The Morgan fingerprint density at radius 1 is 1.00 bits per heavy atom. The Bertz CT molecular complexity index is 642. The number of carbonyl (C=O) groups is 2. The molecule has 0 N–H and O–H groups in total. The highest BCUT2D eigenvalue weighted by Gasteiger charge is 2.41. The summed E-state index contributed by atoms with van der Waals surface area (Å²) in [5.74, 6) is -1.24. The summed E-state index contributed by atoms with van der Waals surface area (Å²) in [6, 6.07) is 9.35. The predicted molar refractivity (Wildman–Crippen MR) is 78.9 cm³/mol. The van der Waals surface area contributed by atoms with E-state index in [4.69, 9.17) is 9.47 Å². The molecular weight excluding hydrogens is 270 g/mol. The molecule has 110 valence electrons. The van der Waals surface area contributed by atoms with Gasteiger partial charge in [-0.2, -0.15) is 0 Å². The van der Waals surface area contributed by atoms with Crippen molar-refractivity contribution in [3.8, 4) is 0 Å². The molecule has 0 bridgehead atoms. The Morgan fingerprint density at radius 2 is 1.57 bits per heavy atom. The fourth-order valence-electron chi connectivity index (χ4n) is 2.46. The van der Waals surface area contributed by atoms with Gasteiger partial charge >= 0.3 is 11.9 Å². The number of nitrogens with zero attached hydrogens (tertiary/aromatic N) is 1. The lowest BCUT2D eigenvalue weighted by molar-refractivity contribution is -0.137. The van der Waals surface area contributed by atoms with Crippen LogP contribution in [0.25, 0.3) is 5.57 Å². The van der Waals surface area contributed by atoms with Crippen LogP contribution in [0, 0.1) is 0 Å². The fraction of sp³-hybridized carbons (Fsp3) is 0.312. The van der Waals surface area contributed by atoms with E-state index in [0.29, 0.717) is 5.57 Å². The number of carbonyl (C=O) groups excluding carboxylic acids is 2. The number of ether oxygens (including phenoxy) is 2. The molecule has 0 fully saturated rings. The van der Waals surface area contributed by atoms with E-state index in [2.05, 4.69) is 4.99 Å². The Labute approximate surface area is 123 Å². The minimum Gasteiger partial charge on any atom is -0.465 e. The van der Waals surface area contributed by atoms with Crippen molar-refractivity contribution in [2.75, 3.05) is 14.2 Å². The van der Waals surface area contributed by atoms with Gasteiger partial charge in [-0.05, 0) is 19.4 Å². The van der Waals surface area contributed by atoms with Crippen LogP contribution in [-0.4, -0.2) is 37.4 Å². The molecule has 5 nitrogen and oxygen atoms in total. The molecule has 2 rings (SSSR count).